The molecule has 0 spiro atoms. The van der Waals surface area contributed by atoms with Crippen molar-refractivity contribution in [3.8, 4) is 0 Å². The Morgan fingerprint density at radius 2 is 1.95 bits per heavy atom. The summed E-state index contributed by atoms with van der Waals surface area (Å²) in [5.74, 6) is -0.0717. The van der Waals surface area contributed by atoms with Crippen molar-refractivity contribution in [2.45, 2.75) is 43.8 Å². The van der Waals surface area contributed by atoms with Crippen molar-refractivity contribution >= 4 is 45.8 Å². The number of halogens is 3. The molecule has 1 aromatic carbocycles. The SMILES string of the molecule is Cl.O=C(NC1CC2CCC(C1)N2)c1cc(Br)ccc1Cl. The van der Waals surface area contributed by atoms with Crippen LogP contribution in [0.3, 0.4) is 0 Å². The summed E-state index contributed by atoms with van der Waals surface area (Å²) in [6.45, 7) is 0. The van der Waals surface area contributed by atoms with Gasteiger partial charge in [-0.05, 0) is 43.9 Å². The monoisotopic (exact) mass is 378 g/mol. The molecule has 2 aliphatic heterocycles. The van der Waals surface area contributed by atoms with Crippen LogP contribution in [0.15, 0.2) is 22.7 Å². The van der Waals surface area contributed by atoms with Gasteiger partial charge >= 0.3 is 0 Å². The predicted molar refractivity (Wildman–Crippen MR) is 86.8 cm³/mol. The molecule has 2 unspecified atom stereocenters. The highest BCUT2D eigenvalue weighted by molar-refractivity contribution is 9.10. The fraction of sp³-hybridized carbons (Fsp3) is 0.500. The second-order valence-corrected chi connectivity index (χ2v) is 6.73. The van der Waals surface area contributed by atoms with Gasteiger partial charge in [0.2, 0.25) is 0 Å². The molecular formula is C14H17BrCl2N2O. The van der Waals surface area contributed by atoms with E-state index in [-0.39, 0.29) is 24.4 Å². The molecule has 6 heteroatoms. The van der Waals surface area contributed by atoms with Gasteiger partial charge < -0.3 is 10.6 Å². The maximum atomic E-state index is 12.3. The van der Waals surface area contributed by atoms with Gasteiger partial charge in [0.05, 0.1) is 10.6 Å². The lowest BCUT2D eigenvalue weighted by atomic mass is 9.99. The number of piperidine rings is 1. The molecule has 2 atom stereocenters. The van der Waals surface area contributed by atoms with E-state index in [9.17, 15) is 4.79 Å². The minimum Gasteiger partial charge on any atom is -0.349 e. The highest BCUT2D eigenvalue weighted by Gasteiger charge is 2.34. The Morgan fingerprint density at radius 3 is 2.60 bits per heavy atom. The molecule has 2 fully saturated rings. The molecule has 0 aliphatic carbocycles. The molecule has 1 amide bonds. The minimum atomic E-state index is -0.0717. The van der Waals surface area contributed by atoms with Crippen molar-refractivity contribution < 1.29 is 4.79 Å². The van der Waals surface area contributed by atoms with Gasteiger partial charge in [0.15, 0.2) is 0 Å². The molecular weight excluding hydrogens is 363 g/mol. The van der Waals surface area contributed by atoms with Crippen molar-refractivity contribution in [1.29, 1.82) is 0 Å². The lowest BCUT2D eigenvalue weighted by Gasteiger charge is -2.29. The van der Waals surface area contributed by atoms with Crippen molar-refractivity contribution in [1.82, 2.24) is 10.6 Å². The zero-order valence-electron chi connectivity index (χ0n) is 10.9. The molecule has 0 saturated carbocycles. The van der Waals surface area contributed by atoms with E-state index in [2.05, 4.69) is 26.6 Å². The van der Waals surface area contributed by atoms with Gasteiger partial charge in [-0.15, -0.1) is 12.4 Å². The van der Waals surface area contributed by atoms with Gasteiger partial charge in [-0.1, -0.05) is 27.5 Å². The van der Waals surface area contributed by atoms with E-state index >= 15 is 0 Å². The molecule has 3 nitrogen and oxygen atoms in total. The molecule has 2 saturated heterocycles. The third-order valence-corrected chi connectivity index (χ3v) is 4.80. The maximum absolute atomic E-state index is 12.3. The summed E-state index contributed by atoms with van der Waals surface area (Å²) in [7, 11) is 0. The lowest BCUT2D eigenvalue weighted by Crippen LogP contribution is -2.48. The number of rotatable bonds is 2. The van der Waals surface area contributed by atoms with Crippen LogP contribution in [-0.4, -0.2) is 24.0 Å². The zero-order chi connectivity index (χ0) is 13.4. The standard InChI is InChI=1S/C14H16BrClN2O.ClH/c15-8-1-4-13(16)12(5-8)14(19)18-11-6-9-2-3-10(7-11)17-9;/h1,4-5,9-11,17H,2-3,6-7H2,(H,18,19);1H. The fourth-order valence-electron chi connectivity index (χ4n) is 3.11. The highest BCUT2D eigenvalue weighted by Crippen LogP contribution is 2.27. The number of hydrogen-bond acceptors (Lipinski definition) is 2. The molecule has 2 bridgehead atoms. The molecule has 20 heavy (non-hydrogen) atoms. The number of carbonyl (C=O) groups excluding carboxylic acids is 1. The summed E-state index contributed by atoms with van der Waals surface area (Å²) in [5, 5.41) is 7.19. The first-order valence-electron chi connectivity index (χ1n) is 6.64. The van der Waals surface area contributed by atoms with E-state index in [1.807, 2.05) is 6.07 Å². The van der Waals surface area contributed by atoms with Gasteiger partial charge in [0.1, 0.15) is 0 Å². The summed E-state index contributed by atoms with van der Waals surface area (Å²) in [6.07, 6.45) is 4.51. The maximum Gasteiger partial charge on any atom is 0.253 e. The van der Waals surface area contributed by atoms with Crippen LogP contribution in [0.4, 0.5) is 0 Å². The average molecular weight is 380 g/mol. The van der Waals surface area contributed by atoms with Crippen LogP contribution in [0.25, 0.3) is 0 Å². The van der Waals surface area contributed by atoms with E-state index in [0.717, 1.165) is 17.3 Å². The Morgan fingerprint density at radius 1 is 1.30 bits per heavy atom. The number of amides is 1. The summed E-state index contributed by atoms with van der Waals surface area (Å²) >= 11 is 9.45. The second kappa shape index (κ2) is 6.65. The molecule has 2 heterocycles. The van der Waals surface area contributed by atoms with Crippen LogP contribution in [-0.2, 0) is 0 Å². The van der Waals surface area contributed by atoms with Gasteiger partial charge in [-0.2, -0.15) is 0 Å². The van der Waals surface area contributed by atoms with Crippen LogP contribution in [0, 0.1) is 0 Å². The molecule has 2 aliphatic rings. The van der Waals surface area contributed by atoms with Crippen molar-refractivity contribution in [2.75, 3.05) is 0 Å². The van der Waals surface area contributed by atoms with Crippen LogP contribution in [0.5, 0.6) is 0 Å². The predicted octanol–water partition coefficient (Wildman–Crippen LogP) is 3.54. The van der Waals surface area contributed by atoms with Crippen molar-refractivity contribution in [3.63, 3.8) is 0 Å². The first-order valence-corrected chi connectivity index (χ1v) is 7.81. The zero-order valence-corrected chi connectivity index (χ0v) is 14.0. The number of hydrogen-bond donors (Lipinski definition) is 2. The third-order valence-electron chi connectivity index (χ3n) is 3.98. The third kappa shape index (κ3) is 3.48. The first kappa shape index (κ1) is 16.1. The Hall–Kier alpha value is -0.290. The van der Waals surface area contributed by atoms with E-state index in [0.29, 0.717) is 22.7 Å². The van der Waals surface area contributed by atoms with Crippen LogP contribution in [0.1, 0.15) is 36.0 Å². The molecule has 110 valence electrons. The van der Waals surface area contributed by atoms with Crippen LogP contribution < -0.4 is 10.6 Å². The number of benzene rings is 1. The molecule has 2 N–H and O–H groups in total. The van der Waals surface area contributed by atoms with Gasteiger partial charge in [0.25, 0.3) is 5.91 Å². The lowest BCUT2D eigenvalue weighted by molar-refractivity contribution is 0.0924. The van der Waals surface area contributed by atoms with E-state index in [1.54, 1.807) is 12.1 Å². The molecule has 1 aromatic rings. The number of fused-ring (bicyclic) bond motifs is 2. The quantitative estimate of drug-likeness (QED) is 0.825. The Labute approximate surface area is 138 Å². The topological polar surface area (TPSA) is 41.1 Å². The minimum absolute atomic E-state index is 0. The number of nitrogens with one attached hydrogen (secondary N) is 2. The van der Waals surface area contributed by atoms with Crippen molar-refractivity contribution in [2.24, 2.45) is 0 Å². The van der Waals surface area contributed by atoms with Crippen LogP contribution in [0.2, 0.25) is 5.02 Å². The summed E-state index contributed by atoms with van der Waals surface area (Å²) in [6, 6.07) is 6.76. The highest BCUT2D eigenvalue weighted by atomic mass is 79.9. The summed E-state index contributed by atoms with van der Waals surface area (Å²) in [5.41, 5.74) is 0.543. The van der Waals surface area contributed by atoms with E-state index in [4.69, 9.17) is 11.6 Å². The van der Waals surface area contributed by atoms with Crippen LogP contribution >= 0.6 is 39.9 Å². The fourth-order valence-corrected chi connectivity index (χ4v) is 3.67. The van der Waals surface area contributed by atoms with E-state index < -0.39 is 0 Å². The van der Waals surface area contributed by atoms with Gasteiger partial charge in [-0.3, -0.25) is 4.79 Å². The summed E-state index contributed by atoms with van der Waals surface area (Å²) in [4.78, 5) is 12.3. The van der Waals surface area contributed by atoms with Gasteiger partial charge in [0, 0.05) is 22.6 Å². The Kier molecular flexibility index (Phi) is 5.35. The first-order chi connectivity index (χ1) is 9.11. The largest absolute Gasteiger partial charge is 0.349 e. The van der Waals surface area contributed by atoms with Gasteiger partial charge in [-0.25, -0.2) is 0 Å². The molecule has 0 radical (unpaired) electrons. The molecule has 0 aromatic heterocycles. The summed E-state index contributed by atoms with van der Waals surface area (Å²) < 4.78 is 0.868. The molecule has 3 rings (SSSR count). The normalized spacial score (nSPS) is 27.8. The number of carbonyl (C=O) groups is 1. The Bertz CT molecular complexity index is 500. The second-order valence-electron chi connectivity index (χ2n) is 5.40. The Balaban J connectivity index is 0.00000147. The average Bonchev–Trinajstić information content (AvgIpc) is 2.71. The smallest absolute Gasteiger partial charge is 0.253 e. The van der Waals surface area contributed by atoms with Crippen molar-refractivity contribution in [3.05, 3.63) is 33.3 Å². The van der Waals surface area contributed by atoms with E-state index in [1.165, 1.54) is 12.8 Å².